The SMILES string of the molecule is C[CH-]Cl.C[CH-]Cl.[AlH3].[CH2-]C.[Zn]. The van der Waals surface area contributed by atoms with Crippen LogP contribution < -0.4 is 0 Å². The summed E-state index contributed by atoms with van der Waals surface area (Å²) in [6, 6.07) is 0. The van der Waals surface area contributed by atoms with Gasteiger partial charge >= 0.3 is 0 Å². The molecular formula is C6H16AlCl2Zn-3. The first-order chi connectivity index (χ1) is 3.83. The van der Waals surface area contributed by atoms with Crippen molar-refractivity contribution in [2.75, 3.05) is 0 Å². The molecule has 0 heterocycles. The molecule has 0 N–H and O–H groups in total. The molecule has 0 saturated heterocycles. The topological polar surface area (TPSA) is 0 Å². The van der Waals surface area contributed by atoms with E-state index in [1.807, 2.05) is 0 Å². The van der Waals surface area contributed by atoms with Crippen LogP contribution in [0.4, 0.5) is 0 Å². The van der Waals surface area contributed by atoms with E-state index in [2.05, 4.69) is 6.92 Å². The van der Waals surface area contributed by atoms with Gasteiger partial charge in [-0.2, -0.15) is 20.8 Å². The van der Waals surface area contributed by atoms with Crippen LogP contribution in [0.5, 0.6) is 0 Å². The van der Waals surface area contributed by atoms with Crippen LogP contribution in [-0.4, -0.2) is 17.4 Å². The van der Waals surface area contributed by atoms with Gasteiger partial charge in [0.1, 0.15) is 0 Å². The van der Waals surface area contributed by atoms with E-state index in [1.165, 1.54) is 11.8 Å². The number of hydrogen-bond donors (Lipinski definition) is 0. The Bertz CT molecular complexity index is 17.7. The van der Waals surface area contributed by atoms with Gasteiger partial charge in [0.2, 0.25) is 0 Å². The zero-order chi connectivity index (χ0) is 7.41. The molecule has 0 radical (unpaired) electrons. The van der Waals surface area contributed by atoms with Crippen LogP contribution in [0.25, 0.3) is 0 Å². The molecular weight excluding hydrogens is 235 g/mol. The van der Waals surface area contributed by atoms with Crippen molar-refractivity contribution in [1.29, 1.82) is 0 Å². The molecule has 10 heavy (non-hydrogen) atoms. The summed E-state index contributed by atoms with van der Waals surface area (Å²) in [7, 11) is 0. The molecule has 0 bridgehead atoms. The van der Waals surface area contributed by atoms with Gasteiger partial charge < -0.3 is 30.1 Å². The smallest absolute Gasteiger partial charge is 0.187 e. The summed E-state index contributed by atoms with van der Waals surface area (Å²) >= 11 is 9.75. The fourth-order valence-electron chi connectivity index (χ4n) is 0. The van der Waals surface area contributed by atoms with E-state index in [0.717, 1.165) is 0 Å². The third-order valence-corrected chi connectivity index (χ3v) is 0. The second-order valence-electron chi connectivity index (χ2n) is 0.436. The zero-order valence-electron chi connectivity index (χ0n) is 6.32. The fourth-order valence-corrected chi connectivity index (χ4v) is 0. The van der Waals surface area contributed by atoms with E-state index in [4.69, 9.17) is 23.2 Å². The van der Waals surface area contributed by atoms with Crippen molar-refractivity contribution < 1.29 is 19.5 Å². The van der Waals surface area contributed by atoms with Crippen LogP contribution in [0, 0.1) is 18.7 Å². The molecule has 0 nitrogen and oxygen atoms in total. The van der Waals surface area contributed by atoms with Crippen LogP contribution in [0.3, 0.4) is 0 Å². The minimum absolute atomic E-state index is 0. The predicted octanol–water partition coefficient (Wildman–Crippen LogP) is 2.47. The van der Waals surface area contributed by atoms with E-state index in [-0.39, 0.29) is 36.8 Å². The van der Waals surface area contributed by atoms with Crippen molar-refractivity contribution in [3.05, 3.63) is 18.7 Å². The Morgan fingerprint density at radius 3 is 1.00 bits per heavy atom. The van der Waals surface area contributed by atoms with Gasteiger partial charge in [0.05, 0.1) is 0 Å². The van der Waals surface area contributed by atoms with Crippen molar-refractivity contribution in [3.63, 3.8) is 0 Å². The van der Waals surface area contributed by atoms with Crippen molar-refractivity contribution in [2.45, 2.75) is 20.8 Å². The molecule has 0 aliphatic heterocycles. The average molecular weight is 251 g/mol. The van der Waals surface area contributed by atoms with Crippen LogP contribution in [0.2, 0.25) is 0 Å². The third-order valence-electron chi connectivity index (χ3n) is 0. The second-order valence-corrected chi connectivity index (χ2v) is 1.31. The Kier molecular flexibility index (Phi) is 217. The zero-order valence-corrected chi connectivity index (χ0v) is 10.8. The van der Waals surface area contributed by atoms with E-state index in [1.54, 1.807) is 20.8 Å². The Morgan fingerprint density at radius 1 is 1.00 bits per heavy atom. The summed E-state index contributed by atoms with van der Waals surface area (Å²) in [5.41, 5.74) is 0. The maximum Gasteiger partial charge on any atom is 0.187 e. The number of halogens is 2. The quantitative estimate of drug-likeness (QED) is 0.458. The Balaban J connectivity index is -0.0000000116. The van der Waals surface area contributed by atoms with Gasteiger partial charge in [-0.1, -0.05) is 0 Å². The molecule has 0 fully saturated rings. The van der Waals surface area contributed by atoms with Gasteiger partial charge in [0.25, 0.3) is 0 Å². The number of rotatable bonds is 0. The van der Waals surface area contributed by atoms with Crippen LogP contribution >= 0.6 is 23.2 Å². The van der Waals surface area contributed by atoms with Crippen LogP contribution in [0.1, 0.15) is 20.8 Å². The van der Waals surface area contributed by atoms with Gasteiger partial charge in [-0.15, -0.1) is 0 Å². The average Bonchev–Trinajstić information content (AvgIpc) is 1.75. The van der Waals surface area contributed by atoms with Gasteiger partial charge in [-0.25, -0.2) is 11.8 Å². The molecule has 0 saturated carbocycles. The molecule has 0 atom stereocenters. The van der Waals surface area contributed by atoms with E-state index in [9.17, 15) is 0 Å². The third kappa shape index (κ3) is 247. The maximum atomic E-state index is 4.87. The van der Waals surface area contributed by atoms with Gasteiger partial charge in [-0.3, -0.25) is 0 Å². The van der Waals surface area contributed by atoms with E-state index < -0.39 is 0 Å². The van der Waals surface area contributed by atoms with Crippen LogP contribution in [-0.2, 0) is 19.5 Å². The second kappa shape index (κ2) is 72.9. The Hall–Kier alpha value is 1.74. The predicted molar refractivity (Wildman–Crippen MR) is 52.6 cm³/mol. The first kappa shape index (κ1) is 29.8. The van der Waals surface area contributed by atoms with Crippen molar-refractivity contribution >= 4 is 40.6 Å². The Labute approximate surface area is 98.9 Å². The number of hydrogen-bond acceptors (Lipinski definition) is 0. The van der Waals surface area contributed by atoms with E-state index in [0.29, 0.717) is 0 Å². The molecule has 4 heteroatoms. The fraction of sp³-hybridized carbons (Fsp3) is 0.500. The standard InChI is InChI=1S/2C2H4Cl.C2H5.Al.Zn.3H/c2*1-2-3;1-2;;;;;/h2*2H,1H3;1H2,2H3;;;;;/q3*-1;;;;;. The summed E-state index contributed by atoms with van der Waals surface area (Å²) in [6.45, 7) is 8.53. The van der Waals surface area contributed by atoms with Gasteiger partial charge in [-0.05, 0) is 0 Å². The molecule has 62 valence electrons. The summed E-state index contributed by atoms with van der Waals surface area (Å²) in [5.74, 6) is 2.94. The minimum atomic E-state index is 0. The summed E-state index contributed by atoms with van der Waals surface area (Å²) in [5, 5.41) is 0. The maximum absolute atomic E-state index is 4.87. The molecule has 0 unspecified atom stereocenters. The summed E-state index contributed by atoms with van der Waals surface area (Å²) < 4.78 is 0. The molecule has 0 amide bonds. The largest absolute Gasteiger partial charge is 0.349 e. The molecule has 0 spiro atoms. The van der Waals surface area contributed by atoms with E-state index >= 15 is 0 Å². The molecule has 0 aliphatic carbocycles. The van der Waals surface area contributed by atoms with Crippen molar-refractivity contribution in [3.8, 4) is 0 Å². The molecule has 0 aromatic carbocycles. The summed E-state index contributed by atoms with van der Waals surface area (Å²) in [4.78, 5) is 0. The van der Waals surface area contributed by atoms with Gasteiger partial charge in [0, 0.05) is 19.5 Å². The van der Waals surface area contributed by atoms with Gasteiger partial charge in [0.15, 0.2) is 17.4 Å². The van der Waals surface area contributed by atoms with Crippen LogP contribution in [0.15, 0.2) is 0 Å². The normalized spacial score (nSPS) is 4.20. The molecule has 0 aliphatic rings. The minimum Gasteiger partial charge on any atom is -0.349 e. The van der Waals surface area contributed by atoms with Crippen molar-refractivity contribution in [2.24, 2.45) is 0 Å². The summed E-state index contributed by atoms with van der Waals surface area (Å²) in [6.07, 6.45) is 0. The van der Waals surface area contributed by atoms with Crippen molar-refractivity contribution in [1.82, 2.24) is 0 Å². The Morgan fingerprint density at radius 2 is 1.00 bits per heavy atom. The monoisotopic (exact) mass is 249 g/mol. The first-order valence-corrected chi connectivity index (χ1v) is 3.17. The first-order valence-electron chi connectivity index (χ1n) is 2.30. The molecule has 0 aromatic heterocycles. The molecule has 0 aromatic rings. The molecule has 0 rings (SSSR count).